The van der Waals surface area contributed by atoms with Crippen LogP contribution in [0.1, 0.15) is 18.0 Å². The average molecular weight is 409 g/mol. The van der Waals surface area contributed by atoms with Crippen molar-refractivity contribution in [3.8, 4) is 22.4 Å². The van der Waals surface area contributed by atoms with E-state index in [9.17, 15) is 4.79 Å². The van der Waals surface area contributed by atoms with Gasteiger partial charge in [-0.05, 0) is 36.6 Å². The van der Waals surface area contributed by atoms with Crippen molar-refractivity contribution in [1.82, 2.24) is 19.7 Å². The Morgan fingerprint density at radius 3 is 2.68 bits per heavy atom. The van der Waals surface area contributed by atoms with Crippen molar-refractivity contribution >= 4 is 16.8 Å². The Balaban J connectivity index is 1.56. The molecule has 2 aromatic carbocycles. The van der Waals surface area contributed by atoms with E-state index in [0.29, 0.717) is 6.54 Å². The van der Waals surface area contributed by atoms with Crippen LogP contribution in [0.4, 0.5) is 0 Å². The molecule has 1 unspecified atom stereocenters. The lowest BCUT2D eigenvalue weighted by molar-refractivity contribution is -0.125. The standard InChI is InChI=1S/C26H24N4O/c1-3-25(31)29-14-12-22(17-29)30-26(23-16-27-13-11-24(23)28-30)20-9-7-19(8-10-20)21-6-4-5-18(2)15-21/h3-11,13,15-16,22H,1,12,14,17H2,2H3. The Kier molecular flexibility index (Phi) is 4.86. The van der Waals surface area contributed by atoms with Crippen LogP contribution >= 0.6 is 0 Å². The average Bonchev–Trinajstić information content (AvgIpc) is 3.44. The zero-order valence-corrected chi connectivity index (χ0v) is 17.5. The molecule has 1 amide bonds. The van der Waals surface area contributed by atoms with Crippen LogP contribution in [0.15, 0.2) is 79.6 Å². The van der Waals surface area contributed by atoms with Crippen LogP contribution < -0.4 is 0 Å². The number of amides is 1. The van der Waals surface area contributed by atoms with Crippen LogP contribution in [0.5, 0.6) is 0 Å². The van der Waals surface area contributed by atoms with Crippen LogP contribution in [-0.4, -0.2) is 38.7 Å². The van der Waals surface area contributed by atoms with E-state index in [1.165, 1.54) is 22.8 Å². The van der Waals surface area contributed by atoms with Crippen LogP contribution in [0, 0.1) is 6.92 Å². The van der Waals surface area contributed by atoms with Gasteiger partial charge in [0.15, 0.2) is 0 Å². The van der Waals surface area contributed by atoms with Crippen molar-refractivity contribution in [3.05, 3.63) is 85.2 Å². The van der Waals surface area contributed by atoms with Gasteiger partial charge in [0.2, 0.25) is 5.91 Å². The molecule has 1 fully saturated rings. The van der Waals surface area contributed by atoms with Gasteiger partial charge < -0.3 is 4.90 Å². The van der Waals surface area contributed by atoms with E-state index >= 15 is 0 Å². The fourth-order valence-electron chi connectivity index (χ4n) is 4.41. The molecule has 2 aromatic heterocycles. The molecule has 0 radical (unpaired) electrons. The first-order valence-electron chi connectivity index (χ1n) is 10.5. The molecule has 3 heterocycles. The molecule has 1 atom stereocenters. The molecule has 0 saturated carbocycles. The molecular formula is C26H24N4O. The third-order valence-electron chi connectivity index (χ3n) is 6.00. The summed E-state index contributed by atoms with van der Waals surface area (Å²) in [6.07, 6.45) is 5.91. The largest absolute Gasteiger partial charge is 0.337 e. The number of carbonyl (C=O) groups is 1. The fraction of sp³-hybridized carbons (Fsp3) is 0.192. The van der Waals surface area contributed by atoms with Gasteiger partial charge in [0.05, 0.1) is 17.3 Å². The van der Waals surface area contributed by atoms with Gasteiger partial charge >= 0.3 is 0 Å². The summed E-state index contributed by atoms with van der Waals surface area (Å²) in [6, 6.07) is 19.2. The van der Waals surface area contributed by atoms with E-state index in [1.54, 1.807) is 6.20 Å². The summed E-state index contributed by atoms with van der Waals surface area (Å²) in [6.45, 7) is 7.09. The Bertz CT molecular complexity index is 1270. The van der Waals surface area contributed by atoms with Gasteiger partial charge in [-0.3, -0.25) is 14.5 Å². The molecule has 154 valence electrons. The van der Waals surface area contributed by atoms with Crippen LogP contribution in [-0.2, 0) is 4.79 Å². The smallest absolute Gasteiger partial charge is 0.246 e. The van der Waals surface area contributed by atoms with Gasteiger partial charge in [-0.15, -0.1) is 0 Å². The molecule has 31 heavy (non-hydrogen) atoms. The fourth-order valence-corrected chi connectivity index (χ4v) is 4.41. The maximum Gasteiger partial charge on any atom is 0.246 e. The first kappa shape index (κ1) is 19.2. The lowest BCUT2D eigenvalue weighted by Gasteiger charge is -2.17. The Hall–Kier alpha value is -3.73. The number of hydrogen-bond acceptors (Lipinski definition) is 3. The van der Waals surface area contributed by atoms with E-state index in [0.717, 1.165) is 35.1 Å². The molecule has 0 spiro atoms. The first-order chi connectivity index (χ1) is 15.1. The molecule has 0 aliphatic carbocycles. The molecule has 1 aliphatic heterocycles. The third-order valence-corrected chi connectivity index (χ3v) is 6.00. The number of aromatic nitrogens is 3. The lowest BCUT2D eigenvalue weighted by atomic mass is 10.0. The van der Waals surface area contributed by atoms with E-state index in [2.05, 4.69) is 71.7 Å². The van der Waals surface area contributed by atoms with E-state index in [4.69, 9.17) is 5.10 Å². The number of hydrogen-bond donors (Lipinski definition) is 0. The minimum absolute atomic E-state index is 0.0232. The molecular weight excluding hydrogens is 384 g/mol. The summed E-state index contributed by atoms with van der Waals surface area (Å²) < 4.78 is 2.09. The maximum absolute atomic E-state index is 12.1. The highest BCUT2D eigenvalue weighted by Crippen LogP contribution is 2.34. The number of carbonyl (C=O) groups excluding carboxylic acids is 1. The second-order valence-electron chi connectivity index (χ2n) is 8.06. The Morgan fingerprint density at radius 1 is 1.10 bits per heavy atom. The quantitative estimate of drug-likeness (QED) is 0.445. The van der Waals surface area contributed by atoms with Crippen molar-refractivity contribution in [2.75, 3.05) is 13.1 Å². The van der Waals surface area contributed by atoms with E-state index in [-0.39, 0.29) is 11.9 Å². The van der Waals surface area contributed by atoms with Crippen molar-refractivity contribution in [2.24, 2.45) is 0 Å². The second-order valence-corrected chi connectivity index (χ2v) is 8.06. The highest BCUT2D eigenvalue weighted by atomic mass is 16.2. The predicted molar refractivity (Wildman–Crippen MR) is 124 cm³/mol. The molecule has 0 N–H and O–H groups in total. The normalized spacial score (nSPS) is 16.0. The number of nitrogens with zero attached hydrogens (tertiary/aromatic N) is 4. The van der Waals surface area contributed by atoms with Gasteiger partial charge in [-0.25, -0.2) is 0 Å². The number of fused-ring (bicyclic) bond motifs is 1. The number of rotatable bonds is 4. The highest BCUT2D eigenvalue weighted by Gasteiger charge is 2.29. The zero-order valence-electron chi connectivity index (χ0n) is 17.5. The van der Waals surface area contributed by atoms with Crippen molar-refractivity contribution in [2.45, 2.75) is 19.4 Å². The third kappa shape index (κ3) is 3.52. The van der Waals surface area contributed by atoms with E-state index < -0.39 is 0 Å². The maximum atomic E-state index is 12.1. The van der Waals surface area contributed by atoms with Crippen molar-refractivity contribution in [1.29, 1.82) is 0 Å². The number of benzene rings is 2. The zero-order chi connectivity index (χ0) is 21.4. The molecule has 5 heteroatoms. The minimum atomic E-state index is -0.0232. The predicted octanol–water partition coefficient (Wildman–Crippen LogP) is 5.03. The van der Waals surface area contributed by atoms with Crippen LogP contribution in [0.25, 0.3) is 33.3 Å². The summed E-state index contributed by atoms with van der Waals surface area (Å²) in [5, 5.41) is 5.92. The number of aryl methyl sites for hydroxylation is 1. The molecule has 0 bridgehead atoms. The first-order valence-corrected chi connectivity index (χ1v) is 10.5. The lowest BCUT2D eigenvalue weighted by Crippen LogP contribution is -2.27. The monoisotopic (exact) mass is 408 g/mol. The summed E-state index contributed by atoms with van der Waals surface area (Å²) in [5.41, 5.74) is 6.71. The highest BCUT2D eigenvalue weighted by molar-refractivity contribution is 5.93. The van der Waals surface area contributed by atoms with Gasteiger partial charge in [-0.1, -0.05) is 60.7 Å². The molecule has 5 rings (SSSR count). The second kappa shape index (κ2) is 7.84. The van der Waals surface area contributed by atoms with Crippen molar-refractivity contribution < 1.29 is 4.79 Å². The minimum Gasteiger partial charge on any atom is -0.337 e. The summed E-state index contributed by atoms with van der Waals surface area (Å²) in [4.78, 5) is 18.3. The molecule has 1 aliphatic rings. The summed E-state index contributed by atoms with van der Waals surface area (Å²) >= 11 is 0. The van der Waals surface area contributed by atoms with Crippen LogP contribution in [0.2, 0.25) is 0 Å². The van der Waals surface area contributed by atoms with Gasteiger partial charge in [0.1, 0.15) is 0 Å². The topological polar surface area (TPSA) is 51.0 Å². The van der Waals surface area contributed by atoms with Gasteiger partial charge in [0.25, 0.3) is 0 Å². The SMILES string of the molecule is C=CC(=O)N1CCC(n2nc3ccncc3c2-c2ccc(-c3cccc(C)c3)cc2)C1. The Morgan fingerprint density at radius 2 is 1.90 bits per heavy atom. The molecule has 1 saturated heterocycles. The van der Waals surface area contributed by atoms with Gasteiger partial charge in [-0.2, -0.15) is 5.10 Å². The number of pyridine rings is 1. The Labute approximate surface area is 181 Å². The van der Waals surface area contributed by atoms with Crippen LogP contribution in [0.3, 0.4) is 0 Å². The van der Waals surface area contributed by atoms with E-state index in [1.807, 2.05) is 17.2 Å². The summed E-state index contributed by atoms with van der Waals surface area (Å²) in [7, 11) is 0. The summed E-state index contributed by atoms with van der Waals surface area (Å²) in [5.74, 6) is -0.0232. The van der Waals surface area contributed by atoms with Gasteiger partial charge in [0, 0.05) is 36.4 Å². The number of likely N-dealkylation sites (tertiary alicyclic amines) is 1. The van der Waals surface area contributed by atoms with Crippen molar-refractivity contribution in [3.63, 3.8) is 0 Å². The molecule has 4 aromatic rings. The molecule has 5 nitrogen and oxygen atoms in total.